The number of hydrogen-bond donors (Lipinski definition) is 2. The van der Waals surface area contributed by atoms with Crippen molar-refractivity contribution in [3.63, 3.8) is 0 Å². The number of aliphatic hydroxyl groups excluding tert-OH is 1. The summed E-state index contributed by atoms with van der Waals surface area (Å²) in [6.45, 7) is 4.25. The summed E-state index contributed by atoms with van der Waals surface area (Å²) < 4.78 is 35.4. The number of methoxy groups -OCH3 is 1. The molecule has 1 aliphatic rings. The first-order chi connectivity index (χ1) is 12.4. The van der Waals surface area contributed by atoms with E-state index in [-0.39, 0.29) is 16.9 Å². The lowest BCUT2D eigenvalue weighted by molar-refractivity contribution is 0.0279. The molecule has 2 N–H and O–H groups in total. The fourth-order valence-electron chi connectivity index (χ4n) is 3.28. The summed E-state index contributed by atoms with van der Waals surface area (Å²) in [4.78, 5) is 4.35. The lowest BCUT2D eigenvalue weighted by Crippen LogP contribution is -2.41. The highest BCUT2D eigenvalue weighted by molar-refractivity contribution is 7.89. The van der Waals surface area contributed by atoms with Crippen molar-refractivity contribution in [3.8, 4) is 5.88 Å². The van der Waals surface area contributed by atoms with E-state index >= 15 is 0 Å². The van der Waals surface area contributed by atoms with Crippen LogP contribution < -0.4 is 9.46 Å². The molecule has 142 valence electrons. The topological polar surface area (TPSA) is 106 Å². The van der Waals surface area contributed by atoms with Crippen LogP contribution in [-0.4, -0.2) is 41.5 Å². The average molecular weight is 380 g/mol. The summed E-state index contributed by atoms with van der Waals surface area (Å²) in [6, 6.07) is 3.03. The van der Waals surface area contributed by atoms with Gasteiger partial charge >= 0.3 is 0 Å². The second-order valence-corrected chi connectivity index (χ2v) is 8.21. The van der Waals surface area contributed by atoms with Gasteiger partial charge in [0.2, 0.25) is 15.9 Å². The molecule has 0 aromatic carbocycles. The first kappa shape index (κ1) is 18.8. The zero-order valence-corrected chi connectivity index (χ0v) is 15.9. The highest BCUT2D eigenvalue weighted by Gasteiger charge is 2.38. The molecule has 0 aliphatic heterocycles. The molecule has 3 rings (SSSR count). The van der Waals surface area contributed by atoms with Crippen molar-refractivity contribution in [2.24, 2.45) is 5.92 Å². The molecular weight excluding hydrogens is 356 g/mol. The molecule has 0 amide bonds. The Kier molecular flexibility index (Phi) is 5.31. The molecule has 2 aromatic rings. The number of ether oxygens (including phenoxy) is 1. The van der Waals surface area contributed by atoms with Crippen LogP contribution in [0.15, 0.2) is 29.4 Å². The van der Waals surface area contributed by atoms with E-state index in [4.69, 9.17) is 4.74 Å². The second kappa shape index (κ2) is 7.34. The van der Waals surface area contributed by atoms with Crippen LogP contribution in [0, 0.1) is 12.8 Å². The van der Waals surface area contributed by atoms with Crippen LogP contribution in [0.25, 0.3) is 0 Å². The minimum absolute atomic E-state index is 0.0106. The van der Waals surface area contributed by atoms with E-state index < -0.39 is 16.1 Å². The first-order valence-electron chi connectivity index (χ1n) is 8.58. The Balaban J connectivity index is 1.90. The minimum atomic E-state index is -3.76. The van der Waals surface area contributed by atoms with Gasteiger partial charge in [-0.3, -0.25) is 4.68 Å². The molecule has 2 heterocycles. The van der Waals surface area contributed by atoms with Crippen LogP contribution in [0.1, 0.15) is 37.1 Å². The smallest absolute Gasteiger partial charge is 0.244 e. The first-order valence-corrected chi connectivity index (χ1v) is 10.1. The van der Waals surface area contributed by atoms with Gasteiger partial charge in [-0.25, -0.2) is 18.1 Å². The third-order valence-electron chi connectivity index (χ3n) is 4.88. The van der Waals surface area contributed by atoms with E-state index in [9.17, 15) is 13.5 Å². The Morgan fingerprint density at radius 3 is 2.62 bits per heavy atom. The van der Waals surface area contributed by atoms with E-state index in [2.05, 4.69) is 14.8 Å². The standard InChI is InChI=1S/C17H24N4O4S/c1-4-21-11(2)15(10-19-21)26(23,24)20-17(13-7-14(22)8-13)12-5-6-16(25-3)18-9-12/h5-6,9-10,13-14,17,20,22H,4,7-8H2,1-3H3/t13?,14?,17-/m1/s1. The molecule has 0 saturated heterocycles. The molecule has 1 aliphatic carbocycles. The van der Waals surface area contributed by atoms with Crippen molar-refractivity contribution in [1.82, 2.24) is 19.5 Å². The molecule has 9 heteroatoms. The molecule has 26 heavy (non-hydrogen) atoms. The predicted octanol–water partition coefficient (Wildman–Crippen LogP) is 1.41. The van der Waals surface area contributed by atoms with E-state index in [1.165, 1.54) is 13.3 Å². The zero-order chi connectivity index (χ0) is 18.9. The van der Waals surface area contributed by atoms with Gasteiger partial charge in [-0.05, 0) is 38.2 Å². The molecule has 2 aromatic heterocycles. The van der Waals surface area contributed by atoms with Crippen molar-refractivity contribution >= 4 is 10.0 Å². The highest BCUT2D eigenvalue weighted by Crippen LogP contribution is 2.39. The van der Waals surface area contributed by atoms with Gasteiger partial charge in [0.05, 0.1) is 31.1 Å². The van der Waals surface area contributed by atoms with Crippen molar-refractivity contribution in [2.45, 2.75) is 50.3 Å². The van der Waals surface area contributed by atoms with Gasteiger partial charge in [-0.15, -0.1) is 0 Å². The van der Waals surface area contributed by atoms with Crippen molar-refractivity contribution < 1.29 is 18.3 Å². The number of nitrogens with one attached hydrogen (secondary N) is 1. The van der Waals surface area contributed by atoms with Crippen molar-refractivity contribution in [2.75, 3.05) is 7.11 Å². The molecule has 0 radical (unpaired) electrons. The van der Waals surface area contributed by atoms with Crippen LogP contribution in [0.2, 0.25) is 0 Å². The molecule has 8 nitrogen and oxygen atoms in total. The molecule has 1 fully saturated rings. The van der Waals surface area contributed by atoms with Crippen LogP contribution in [0.5, 0.6) is 5.88 Å². The molecule has 0 unspecified atom stereocenters. The van der Waals surface area contributed by atoms with Gasteiger partial charge in [0, 0.05) is 18.8 Å². The summed E-state index contributed by atoms with van der Waals surface area (Å²) in [5.74, 6) is 0.473. The van der Waals surface area contributed by atoms with Crippen LogP contribution in [0.3, 0.4) is 0 Å². The van der Waals surface area contributed by atoms with Gasteiger partial charge in [0.1, 0.15) is 4.90 Å². The number of aryl methyl sites for hydroxylation is 1. The fraction of sp³-hybridized carbons (Fsp3) is 0.529. The van der Waals surface area contributed by atoms with Gasteiger partial charge in [-0.2, -0.15) is 5.10 Å². The van der Waals surface area contributed by atoms with E-state index in [1.54, 1.807) is 29.9 Å². The summed E-state index contributed by atoms with van der Waals surface area (Å²) >= 11 is 0. The van der Waals surface area contributed by atoms with Gasteiger partial charge in [0.15, 0.2) is 0 Å². The van der Waals surface area contributed by atoms with Crippen LogP contribution in [0.4, 0.5) is 0 Å². The Labute approximate surface area is 153 Å². The second-order valence-electron chi connectivity index (χ2n) is 6.53. The van der Waals surface area contributed by atoms with Crippen molar-refractivity contribution in [1.29, 1.82) is 0 Å². The maximum absolute atomic E-state index is 12.9. The normalized spacial score (nSPS) is 21.2. The molecule has 1 atom stereocenters. The predicted molar refractivity (Wildman–Crippen MR) is 95.2 cm³/mol. The fourth-order valence-corrected chi connectivity index (χ4v) is 4.75. The van der Waals surface area contributed by atoms with Gasteiger partial charge in [0.25, 0.3) is 0 Å². The summed E-state index contributed by atoms with van der Waals surface area (Å²) in [5.41, 5.74) is 1.34. The number of aliphatic hydroxyl groups is 1. The highest BCUT2D eigenvalue weighted by atomic mass is 32.2. The number of aromatic nitrogens is 3. The third kappa shape index (κ3) is 3.60. The Hall–Kier alpha value is -1.97. The maximum atomic E-state index is 12.9. The minimum Gasteiger partial charge on any atom is -0.481 e. The van der Waals surface area contributed by atoms with Crippen LogP contribution in [-0.2, 0) is 16.6 Å². The van der Waals surface area contributed by atoms with E-state index in [1.807, 2.05) is 6.92 Å². The zero-order valence-electron chi connectivity index (χ0n) is 15.1. The number of hydrogen-bond acceptors (Lipinski definition) is 6. The van der Waals surface area contributed by atoms with Crippen molar-refractivity contribution in [3.05, 3.63) is 35.8 Å². The molecule has 1 saturated carbocycles. The lowest BCUT2D eigenvalue weighted by Gasteiger charge is -2.38. The van der Waals surface area contributed by atoms with E-state index in [0.29, 0.717) is 31.0 Å². The maximum Gasteiger partial charge on any atom is 0.244 e. The van der Waals surface area contributed by atoms with Crippen LogP contribution >= 0.6 is 0 Å². The SMILES string of the molecule is CCn1ncc(S(=O)(=O)N[C@H](c2ccc(OC)nc2)C2CC(O)C2)c1C. The Bertz CT molecular complexity index is 857. The number of sulfonamides is 1. The van der Waals surface area contributed by atoms with Gasteiger partial charge < -0.3 is 9.84 Å². The lowest BCUT2D eigenvalue weighted by atomic mass is 9.76. The Morgan fingerprint density at radius 1 is 1.38 bits per heavy atom. The average Bonchev–Trinajstić information content (AvgIpc) is 2.99. The van der Waals surface area contributed by atoms with E-state index in [0.717, 1.165) is 5.56 Å². The molecule has 0 spiro atoms. The number of nitrogens with zero attached hydrogens (tertiary/aromatic N) is 3. The number of rotatable bonds is 7. The quantitative estimate of drug-likeness (QED) is 0.752. The third-order valence-corrected chi connectivity index (χ3v) is 6.42. The molecule has 0 bridgehead atoms. The Morgan fingerprint density at radius 2 is 2.12 bits per heavy atom. The van der Waals surface area contributed by atoms with Gasteiger partial charge in [-0.1, -0.05) is 6.07 Å². The summed E-state index contributed by atoms with van der Waals surface area (Å²) in [6.07, 6.45) is 3.70. The summed E-state index contributed by atoms with van der Waals surface area (Å²) in [7, 11) is -2.23. The number of pyridine rings is 1. The molecular formula is C17H24N4O4S. The largest absolute Gasteiger partial charge is 0.481 e. The monoisotopic (exact) mass is 380 g/mol. The summed E-state index contributed by atoms with van der Waals surface area (Å²) in [5, 5.41) is 13.8.